The summed E-state index contributed by atoms with van der Waals surface area (Å²) in [6, 6.07) is 0. The number of alkyl halides is 1. The van der Waals surface area contributed by atoms with Crippen LogP contribution in [0.5, 0.6) is 0 Å². The summed E-state index contributed by atoms with van der Waals surface area (Å²) in [5, 5.41) is 0. The van der Waals surface area contributed by atoms with Gasteiger partial charge >= 0.3 is 29.6 Å². The van der Waals surface area contributed by atoms with E-state index in [-0.39, 0.29) is 35.3 Å². The van der Waals surface area contributed by atoms with E-state index in [1.54, 1.807) is 0 Å². The Morgan fingerprint density at radius 3 is 2.00 bits per heavy atom. The Morgan fingerprint density at radius 2 is 1.89 bits per heavy atom. The molecule has 0 spiro atoms. The van der Waals surface area contributed by atoms with Crippen molar-refractivity contribution in [2.45, 2.75) is 6.42 Å². The van der Waals surface area contributed by atoms with Crippen LogP contribution in [0.1, 0.15) is 6.42 Å². The molecule has 0 saturated heterocycles. The van der Waals surface area contributed by atoms with E-state index >= 15 is 0 Å². The number of rotatable bonds is 3. The van der Waals surface area contributed by atoms with E-state index in [0.717, 1.165) is 4.43 Å². The average molecular weight is 274 g/mol. The maximum atomic E-state index is 9.94. The van der Waals surface area contributed by atoms with E-state index in [1.165, 1.54) is 0 Å². The van der Waals surface area contributed by atoms with Gasteiger partial charge in [-0.3, -0.25) is 4.55 Å². The molecular weight excluding hydrogens is 266 g/mol. The van der Waals surface area contributed by atoms with Crippen molar-refractivity contribution in [3.8, 4) is 0 Å². The summed E-state index contributed by atoms with van der Waals surface area (Å²) in [5.74, 6) is -0.115. The molecule has 0 radical (unpaired) electrons. The molecule has 0 fully saturated rings. The van der Waals surface area contributed by atoms with Crippen molar-refractivity contribution < 1.29 is 13.0 Å². The molecular formula is C3H8INaO3S. The number of halogens is 1. The second-order valence-corrected chi connectivity index (χ2v) is 3.98. The molecule has 0 bridgehead atoms. The van der Waals surface area contributed by atoms with Crippen LogP contribution in [0, 0.1) is 0 Å². The van der Waals surface area contributed by atoms with Crippen molar-refractivity contribution in [1.29, 1.82) is 0 Å². The molecule has 0 saturated carbocycles. The molecule has 0 unspecified atom stereocenters. The summed E-state index contributed by atoms with van der Waals surface area (Å²) < 4.78 is 28.8. The standard InChI is InChI=1S/C3H7IO3S.Na.H/c4-2-1-3-8(5,6)7;;/h1-3H2,(H,5,6,7);;. The zero-order valence-electron chi connectivity index (χ0n) is 4.17. The topological polar surface area (TPSA) is 54.4 Å². The third-order valence-corrected chi connectivity index (χ3v) is 2.10. The average Bonchev–Trinajstić information content (AvgIpc) is 1.59. The molecule has 0 atom stereocenters. The maximum absolute atomic E-state index is 9.94. The third-order valence-electron chi connectivity index (χ3n) is 0.536. The van der Waals surface area contributed by atoms with Crippen LogP contribution in [-0.2, 0) is 10.1 Å². The molecule has 0 rings (SSSR count). The molecule has 0 aromatic carbocycles. The van der Waals surface area contributed by atoms with E-state index < -0.39 is 10.1 Å². The predicted molar refractivity (Wildman–Crippen MR) is 47.1 cm³/mol. The second kappa shape index (κ2) is 6.36. The minimum absolute atomic E-state index is 0. The van der Waals surface area contributed by atoms with Crippen LogP contribution in [0.2, 0.25) is 0 Å². The zero-order valence-corrected chi connectivity index (χ0v) is 7.15. The fourth-order valence-electron chi connectivity index (χ4n) is 0.237. The van der Waals surface area contributed by atoms with E-state index in [1.807, 2.05) is 0 Å². The molecule has 0 aliphatic carbocycles. The summed E-state index contributed by atoms with van der Waals surface area (Å²) in [4.78, 5) is 0. The van der Waals surface area contributed by atoms with Gasteiger partial charge in [0, 0.05) is 4.43 Å². The second-order valence-electron chi connectivity index (χ2n) is 1.33. The van der Waals surface area contributed by atoms with Crippen LogP contribution in [-0.4, -0.2) is 52.7 Å². The molecule has 0 aromatic rings. The van der Waals surface area contributed by atoms with Crippen molar-refractivity contribution in [2.24, 2.45) is 0 Å². The summed E-state index contributed by atoms with van der Waals surface area (Å²) in [5.41, 5.74) is 0. The monoisotopic (exact) mass is 274 g/mol. The summed E-state index contributed by atoms with van der Waals surface area (Å²) in [6.07, 6.45) is 0.527. The van der Waals surface area contributed by atoms with Gasteiger partial charge in [-0.2, -0.15) is 8.42 Å². The fraction of sp³-hybridized carbons (Fsp3) is 1.00. The SMILES string of the molecule is O=S(=O)(O)CCCI.[NaH]. The van der Waals surface area contributed by atoms with Crippen molar-refractivity contribution in [3.05, 3.63) is 0 Å². The number of hydrogen-bond donors (Lipinski definition) is 1. The zero-order chi connectivity index (χ0) is 6.62. The first-order valence-electron chi connectivity index (χ1n) is 2.07. The van der Waals surface area contributed by atoms with Gasteiger partial charge in [-0.1, -0.05) is 22.6 Å². The first-order valence-corrected chi connectivity index (χ1v) is 5.21. The fourth-order valence-corrected chi connectivity index (χ4v) is 1.65. The van der Waals surface area contributed by atoms with Gasteiger partial charge in [-0.05, 0) is 6.42 Å². The summed E-state index contributed by atoms with van der Waals surface area (Å²) >= 11 is 2.05. The van der Waals surface area contributed by atoms with Crippen molar-refractivity contribution in [1.82, 2.24) is 0 Å². The van der Waals surface area contributed by atoms with Gasteiger partial charge in [0.1, 0.15) is 0 Å². The molecule has 0 amide bonds. The molecule has 0 aromatic heterocycles. The first-order chi connectivity index (χ1) is 3.56. The van der Waals surface area contributed by atoms with Crippen LogP contribution in [0.25, 0.3) is 0 Å². The Morgan fingerprint density at radius 1 is 1.44 bits per heavy atom. The Balaban J connectivity index is 0. The van der Waals surface area contributed by atoms with Gasteiger partial charge < -0.3 is 0 Å². The van der Waals surface area contributed by atoms with Gasteiger partial charge in [0.2, 0.25) is 0 Å². The molecule has 9 heavy (non-hydrogen) atoms. The van der Waals surface area contributed by atoms with Gasteiger partial charge in [0.05, 0.1) is 5.75 Å². The quantitative estimate of drug-likeness (QED) is 0.342. The van der Waals surface area contributed by atoms with Gasteiger partial charge in [-0.25, -0.2) is 0 Å². The Kier molecular flexibility index (Phi) is 9.36. The molecule has 6 heteroatoms. The summed E-state index contributed by atoms with van der Waals surface area (Å²) in [7, 11) is -3.69. The van der Waals surface area contributed by atoms with E-state index in [0.29, 0.717) is 6.42 Å². The van der Waals surface area contributed by atoms with E-state index in [4.69, 9.17) is 4.55 Å². The van der Waals surface area contributed by atoms with Crippen molar-refractivity contribution in [3.63, 3.8) is 0 Å². The van der Waals surface area contributed by atoms with Crippen molar-refractivity contribution in [2.75, 3.05) is 10.2 Å². The molecule has 0 heterocycles. The first kappa shape index (κ1) is 13.2. The van der Waals surface area contributed by atoms with Crippen molar-refractivity contribution >= 4 is 62.3 Å². The Bertz CT molecular complexity index is 143. The Labute approximate surface area is 90.8 Å². The van der Waals surface area contributed by atoms with Gasteiger partial charge in [0.15, 0.2) is 0 Å². The normalized spacial score (nSPS) is 10.4. The van der Waals surface area contributed by atoms with Crippen LogP contribution in [0.3, 0.4) is 0 Å². The van der Waals surface area contributed by atoms with Gasteiger partial charge in [-0.15, -0.1) is 0 Å². The van der Waals surface area contributed by atoms with E-state index in [2.05, 4.69) is 22.6 Å². The molecule has 1 N–H and O–H groups in total. The molecule has 3 nitrogen and oxygen atoms in total. The predicted octanol–water partition coefficient (Wildman–Crippen LogP) is 0.0508. The van der Waals surface area contributed by atoms with Crippen LogP contribution in [0.15, 0.2) is 0 Å². The molecule has 52 valence electrons. The van der Waals surface area contributed by atoms with Crippen LogP contribution in [0.4, 0.5) is 0 Å². The van der Waals surface area contributed by atoms with E-state index in [9.17, 15) is 8.42 Å². The summed E-state index contributed by atoms with van der Waals surface area (Å²) in [6.45, 7) is 0. The van der Waals surface area contributed by atoms with Crippen LogP contribution >= 0.6 is 22.6 Å². The number of hydrogen-bond acceptors (Lipinski definition) is 2. The minimum atomic E-state index is -3.69. The van der Waals surface area contributed by atoms with Crippen LogP contribution < -0.4 is 0 Å². The Hall–Kier alpha value is 1.64. The van der Waals surface area contributed by atoms with Gasteiger partial charge in [0.25, 0.3) is 10.1 Å². The molecule has 0 aliphatic heterocycles. The third kappa shape index (κ3) is 12.8. The molecule has 0 aliphatic rings.